The van der Waals surface area contributed by atoms with Gasteiger partial charge in [0.1, 0.15) is 0 Å². The molecule has 0 amide bonds. The molecule has 114 valence electrons. The van der Waals surface area contributed by atoms with E-state index in [9.17, 15) is 0 Å². The first kappa shape index (κ1) is 14.6. The highest BCUT2D eigenvalue weighted by Gasteiger charge is 2.15. The maximum Gasteiger partial charge on any atom is 0.0685 e. The number of benzene rings is 1. The van der Waals surface area contributed by atoms with Crippen molar-refractivity contribution in [2.75, 3.05) is 19.6 Å². The van der Waals surface area contributed by atoms with Crippen molar-refractivity contribution >= 4 is 10.9 Å². The molecular weight excluding hydrogens is 258 g/mol. The molecule has 1 aliphatic rings. The van der Waals surface area contributed by atoms with E-state index < -0.39 is 0 Å². The van der Waals surface area contributed by atoms with Crippen molar-refractivity contribution in [3.05, 3.63) is 30.0 Å². The van der Waals surface area contributed by atoms with Crippen LogP contribution in [0.25, 0.3) is 10.9 Å². The maximum atomic E-state index is 4.58. The lowest BCUT2D eigenvalue weighted by molar-refractivity contribution is 0.323. The summed E-state index contributed by atoms with van der Waals surface area (Å²) < 4.78 is 2.18. The molecule has 0 bridgehead atoms. The van der Waals surface area contributed by atoms with Crippen LogP contribution in [0.3, 0.4) is 0 Å². The van der Waals surface area contributed by atoms with Crippen molar-refractivity contribution in [1.29, 1.82) is 0 Å². The Hall–Kier alpha value is -1.35. The number of aromatic nitrogens is 2. The van der Waals surface area contributed by atoms with Gasteiger partial charge in [-0.3, -0.25) is 4.68 Å². The Balaban J connectivity index is 1.72. The number of nitrogens with zero attached hydrogens (tertiary/aromatic N) is 3. The topological polar surface area (TPSA) is 21.1 Å². The summed E-state index contributed by atoms with van der Waals surface area (Å²) in [6.45, 7) is 11.6. The quantitative estimate of drug-likeness (QED) is 0.851. The Morgan fingerprint density at radius 3 is 2.57 bits per heavy atom. The molecule has 3 nitrogen and oxygen atoms in total. The van der Waals surface area contributed by atoms with Crippen LogP contribution < -0.4 is 0 Å². The van der Waals surface area contributed by atoms with Crippen LogP contribution >= 0.6 is 0 Å². The lowest BCUT2D eigenvalue weighted by Crippen LogP contribution is -2.21. The average molecular weight is 285 g/mol. The maximum absolute atomic E-state index is 4.58. The molecule has 1 aromatic carbocycles. The van der Waals surface area contributed by atoms with Gasteiger partial charge in [-0.1, -0.05) is 32.9 Å². The molecule has 0 atom stereocenters. The lowest BCUT2D eigenvalue weighted by Gasteiger charge is -2.19. The molecule has 1 saturated heterocycles. The SMILES string of the molecule is CC(C)(C)c1ccc2cnn(CCCN3CCCC3)c2c1. The summed E-state index contributed by atoms with van der Waals surface area (Å²) in [5.74, 6) is 0. The van der Waals surface area contributed by atoms with Gasteiger partial charge in [0.2, 0.25) is 0 Å². The van der Waals surface area contributed by atoms with Crippen molar-refractivity contribution in [1.82, 2.24) is 14.7 Å². The van der Waals surface area contributed by atoms with Crippen LogP contribution in [0.4, 0.5) is 0 Å². The fourth-order valence-electron chi connectivity index (χ4n) is 3.17. The second-order valence-electron chi connectivity index (χ2n) is 7.29. The summed E-state index contributed by atoms with van der Waals surface area (Å²) in [7, 11) is 0. The summed E-state index contributed by atoms with van der Waals surface area (Å²) >= 11 is 0. The van der Waals surface area contributed by atoms with Crippen molar-refractivity contribution in [2.45, 2.75) is 52.0 Å². The Morgan fingerprint density at radius 2 is 1.86 bits per heavy atom. The van der Waals surface area contributed by atoms with Gasteiger partial charge < -0.3 is 4.90 Å². The Morgan fingerprint density at radius 1 is 1.10 bits per heavy atom. The summed E-state index contributed by atoms with van der Waals surface area (Å²) in [5.41, 5.74) is 2.86. The fraction of sp³-hybridized carbons (Fsp3) is 0.611. The highest BCUT2D eigenvalue weighted by atomic mass is 15.3. The van der Waals surface area contributed by atoms with E-state index in [1.165, 1.54) is 55.4 Å². The third kappa shape index (κ3) is 3.29. The zero-order valence-electron chi connectivity index (χ0n) is 13.6. The lowest BCUT2D eigenvalue weighted by atomic mass is 9.87. The third-order valence-corrected chi connectivity index (χ3v) is 4.55. The molecule has 3 heteroatoms. The predicted molar refractivity (Wildman–Crippen MR) is 88.7 cm³/mol. The molecule has 21 heavy (non-hydrogen) atoms. The molecule has 2 heterocycles. The second-order valence-corrected chi connectivity index (χ2v) is 7.29. The predicted octanol–water partition coefficient (Wildman–Crippen LogP) is 3.82. The van der Waals surface area contributed by atoms with Gasteiger partial charge in [-0.25, -0.2) is 0 Å². The molecule has 0 radical (unpaired) electrons. The van der Waals surface area contributed by atoms with Crippen molar-refractivity contribution in [2.24, 2.45) is 0 Å². The third-order valence-electron chi connectivity index (χ3n) is 4.55. The molecular formula is C18H27N3. The summed E-state index contributed by atoms with van der Waals surface area (Å²) in [6.07, 6.45) is 5.94. The van der Waals surface area contributed by atoms with Crippen LogP contribution in [-0.2, 0) is 12.0 Å². The normalized spacial score (nSPS) is 16.9. The standard InChI is InChI=1S/C18H27N3/c1-18(2,3)16-8-7-15-14-19-21(17(15)13-16)12-6-11-20-9-4-5-10-20/h7-8,13-14H,4-6,9-12H2,1-3H3. The largest absolute Gasteiger partial charge is 0.303 e. The molecule has 0 spiro atoms. The van der Waals surface area contributed by atoms with E-state index in [2.05, 4.69) is 53.7 Å². The van der Waals surface area contributed by atoms with Gasteiger partial charge >= 0.3 is 0 Å². The number of likely N-dealkylation sites (tertiary alicyclic amines) is 1. The highest BCUT2D eigenvalue weighted by Crippen LogP contribution is 2.26. The molecule has 1 aliphatic heterocycles. The van der Waals surface area contributed by atoms with Gasteiger partial charge in [0.25, 0.3) is 0 Å². The van der Waals surface area contributed by atoms with Gasteiger partial charge in [-0.05, 0) is 55.9 Å². The Labute approximate surface area is 127 Å². The Kier molecular flexibility index (Phi) is 4.03. The minimum absolute atomic E-state index is 0.193. The van der Waals surface area contributed by atoms with Crippen LogP contribution in [-0.4, -0.2) is 34.3 Å². The first-order valence-corrected chi connectivity index (χ1v) is 8.22. The van der Waals surface area contributed by atoms with Crippen LogP contribution in [0.5, 0.6) is 0 Å². The zero-order valence-corrected chi connectivity index (χ0v) is 13.6. The van der Waals surface area contributed by atoms with E-state index in [4.69, 9.17) is 0 Å². The minimum Gasteiger partial charge on any atom is -0.303 e. The average Bonchev–Trinajstić information content (AvgIpc) is 3.07. The molecule has 0 saturated carbocycles. The van der Waals surface area contributed by atoms with Crippen LogP contribution in [0, 0.1) is 0 Å². The molecule has 3 rings (SSSR count). The number of hydrogen-bond acceptors (Lipinski definition) is 2. The summed E-state index contributed by atoms with van der Waals surface area (Å²) in [6, 6.07) is 6.76. The smallest absolute Gasteiger partial charge is 0.0685 e. The summed E-state index contributed by atoms with van der Waals surface area (Å²) in [5, 5.41) is 5.83. The van der Waals surface area contributed by atoms with Gasteiger partial charge in [-0.15, -0.1) is 0 Å². The van der Waals surface area contributed by atoms with Gasteiger partial charge in [0.05, 0.1) is 11.7 Å². The fourth-order valence-corrected chi connectivity index (χ4v) is 3.17. The molecule has 1 fully saturated rings. The van der Waals surface area contributed by atoms with Crippen molar-refractivity contribution < 1.29 is 0 Å². The van der Waals surface area contributed by atoms with E-state index in [-0.39, 0.29) is 5.41 Å². The van der Waals surface area contributed by atoms with E-state index in [0.29, 0.717) is 0 Å². The first-order chi connectivity index (χ1) is 10.0. The minimum atomic E-state index is 0.193. The van der Waals surface area contributed by atoms with Crippen molar-refractivity contribution in [3.63, 3.8) is 0 Å². The zero-order chi connectivity index (χ0) is 14.9. The molecule has 0 N–H and O–H groups in total. The molecule has 2 aromatic rings. The number of rotatable bonds is 4. The number of aryl methyl sites for hydroxylation is 1. The van der Waals surface area contributed by atoms with E-state index in [0.717, 1.165) is 6.54 Å². The van der Waals surface area contributed by atoms with Gasteiger partial charge in [0, 0.05) is 11.9 Å². The van der Waals surface area contributed by atoms with E-state index in [1.807, 2.05) is 6.20 Å². The van der Waals surface area contributed by atoms with Crippen molar-refractivity contribution in [3.8, 4) is 0 Å². The van der Waals surface area contributed by atoms with Crippen LogP contribution in [0.1, 0.15) is 45.6 Å². The second kappa shape index (κ2) is 5.80. The highest BCUT2D eigenvalue weighted by molar-refractivity contribution is 5.79. The van der Waals surface area contributed by atoms with Crippen LogP contribution in [0.2, 0.25) is 0 Å². The number of hydrogen-bond donors (Lipinski definition) is 0. The monoisotopic (exact) mass is 285 g/mol. The van der Waals surface area contributed by atoms with E-state index in [1.54, 1.807) is 0 Å². The van der Waals surface area contributed by atoms with Gasteiger partial charge in [-0.2, -0.15) is 5.10 Å². The van der Waals surface area contributed by atoms with Crippen LogP contribution in [0.15, 0.2) is 24.4 Å². The molecule has 1 aromatic heterocycles. The molecule has 0 unspecified atom stereocenters. The number of fused-ring (bicyclic) bond motifs is 1. The van der Waals surface area contributed by atoms with Gasteiger partial charge in [0.15, 0.2) is 0 Å². The first-order valence-electron chi connectivity index (χ1n) is 8.22. The van der Waals surface area contributed by atoms with E-state index >= 15 is 0 Å². The molecule has 0 aliphatic carbocycles. The Bertz CT molecular complexity index is 600. The summed E-state index contributed by atoms with van der Waals surface area (Å²) in [4.78, 5) is 2.58.